The monoisotopic (exact) mass is 468 g/mol. The lowest BCUT2D eigenvalue weighted by Crippen LogP contribution is -2.32. The van der Waals surface area contributed by atoms with E-state index in [0.717, 1.165) is 37.1 Å². The standard InChI is InChI=1S/C27H36N2O5/c1-19(2)27(18-28,21-9-11-24(33-5)25(17-21)34-6)13-7-14-29(3)15-12-20-8-10-23(32-4)22(16-20)26(30)31/h8-11,16-17,19H,7,12-15H2,1-6H3,(H,30,31). The van der Waals surface area contributed by atoms with Crippen LogP contribution >= 0.6 is 0 Å². The van der Waals surface area contributed by atoms with E-state index in [2.05, 4.69) is 24.8 Å². The van der Waals surface area contributed by atoms with Gasteiger partial charge in [0, 0.05) is 6.54 Å². The van der Waals surface area contributed by atoms with Crippen LogP contribution in [0.5, 0.6) is 17.2 Å². The molecule has 2 rings (SSSR count). The second-order valence-corrected chi connectivity index (χ2v) is 8.80. The third-order valence-corrected chi connectivity index (χ3v) is 6.47. The molecule has 34 heavy (non-hydrogen) atoms. The minimum Gasteiger partial charge on any atom is -0.496 e. The molecule has 0 radical (unpaired) electrons. The zero-order valence-electron chi connectivity index (χ0n) is 21.1. The van der Waals surface area contributed by atoms with Crippen molar-refractivity contribution in [1.82, 2.24) is 4.90 Å². The molecule has 7 nitrogen and oxygen atoms in total. The number of hydrogen-bond acceptors (Lipinski definition) is 6. The Hall–Kier alpha value is -3.24. The molecule has 0 aliphatic carbocycles. The molecule has 0 saturated heterocycles. The first-order valence-electron chi connectivity index (χ1n) is 11.4. The molecular formula is C27H36N2O5. The van der Waals surface area contributed by atoms with E-state index < -0.39 is 11.4 Å². The molecule has 0 bridgehead atoms. The van der Waals surface area contributed by atoms with E-state index >= 15 is 0 Å². The molecule has 184 valence electrons. The summed E-state index contributed by atoms with van der Waals surface area (Å²) in [4.78, 5) is 13.7. The highest BCUT2D eigenvalue weighted by atomic mass is 16.5. The number of hydrogen-bond donors (Lipinski definition) is 1. The second-order valence-electron chi connectivity index (χ2n) is 8.80. The summed E-state index contributed by atoms with van der Waals surface area (Å²) in [6.45, 7) is 5.76. The summed E-state index contributed by atoms with van der Waals surface area (Å²) < 4.78 is 16.0. The molecule has 0 aliphatic rings. The van der Waals surface area contributed by atoms with Crippen LogP contribution in [0.3, 0.4) is 0 Å². The molecule has 0 spiro atoms. The van der Waals surface area contributed by atoms with Crippen LogP contribution in [0, 0.1) is 17.2 Å². The van der Waals surface area contributed by atoms with E-state index in [4.69, 9.17) is 14.2 Å². The maximum atomic E-state index is 11.5. The lowest BCUT2D eigenvalue weighted by molar-refractivity contribution is 0.0693. The van der Waals surface area contributed by atoms with E-state index in [1.54, 1.807) is 26.4 Å². The fraction of sp³-hybridized carbons (Fsp3) is 0.481. The van der Waals surface area contributed by atoms with Crippen LogP contribution in [0.15, 0.2) is 36.4 Å². The maximum absolute atomic E-state index is 11.5. The van der Waals surface area contributed by atoms with Gasteiger partial charge in [-0.2, -0.15) is 5.26 Å². The fourth-order valence-electron chi connectivity index (χ4n) is 4.27. The average Bonchev–Trinajstić information content (AvgIpc) is 2.84. The smallest absolute Gasteiger partial charge is 0.339 e. The number of ether oxygens (including phenoxy) is 3. The number of methoxy groups -OCH3 is 3. The summed E-state index contributed by atoms with van der Waals surface area (Å²) in [7, 11) is 6.71. The van der Waals surface area contributed by atoms with E-state index in [1.807, 2.05) is 31.3 Å². The van der Waals surface area contributed by atoms with Crippen LogP contribution < -0.4 is 14.2 Å². The molecule has 2 aromatic carbocycles. The Morgan fingerprint density at radius 1 is 1.03 bits per heavy atom. The van der Waals surface area contributed by atoms with Crippen LogP contribution in [-0.4, -0.2) is 57.4 Å². The first kappa shape index (κ1) is 27.0. The predicted molar refractivity (Wildman–Crippen MR) is 132 cm³/mol. The third kappa shape index (κ3) is 6.21. The van der Waals surface area contributed by atoms with Gasteiger partial charge in [0.05, 0.1) is 32.8 Å². The number of nitriles is 1. The van der Waals surface area contributed by atoms with Gasteiger partial charge in [0.1, 0.15) is 11.3 Å². The van der Waals surface area contributed by atoms with Crippen molar-refractivity contribution in [2.75, 3.05) is 41.5 Å². The molecule has 0 heterocycles. The minimum absolute atomic E-state index is 0.120. The number of benzene rings is 2. The van der Waals surface area contributed by atoms with Crippen LogP contribution in [0.4, 0.5) is 0 Å². The van der Waals surface area contributed by atoms with Gasteiger partial charge in [-0.15, -0.1) is 0 Å². The lowest BCUT2D eigenvalue weighted by atomic mass is 9.69. The van der Waals surface area contributed by atoms with E-state index in [1.165, 1.54) is 7.11 Å². The Morgan fingerprint density at radius 3 is 2.24 bits per heavy atom. The van der Waals surface area contributed by atoms with Gasteiger partial charge in [-0.1, -0.05) is 26.0 Å². The van der Waals surface area contributed by atoms with Crippen LogP contribution in [0.2, 0.25) is 0 Å². The Kier molecular flexibility index (Phi) is 9.76. The van der Waals surface area contributed by atoms with Gasteiger partial charge >= 0.3 is 5.97 Å². The minimum atomic E-state index is -0.997. The predicted octanol–water partition coefficient (Wildman–Crippen LogP) is 4.78. The Bertz CT molecular complexity index is 1010. The van der Waals surface area contributed by atoms with Crippen molar-refractivity contribution < 1.29 is 24.1 Å². The molecule has 7 heteroatoms. The SMILES string of the molecule is COc1ccc(C(C#N)(CCCN(C)CCc2ccc(OC)c(C(=O)O)c2)C(C)C)cc1OC. The second kappa shape index (κ2) is 12.3. The van der Waals surface area contributed by atoms with Crippen molar-refractivity contribution in [2.45, 2.75) is 38.5 Å². The van der Waals surface area contributed by atoms with Crippen molar-refractivity contribution in [3.8, 4) is 23.3 Å². The zero-order valence-corrected chi connectivity index (χ0v) is 21.1. The molecule has 1 N–H and O–H groups in total. The number of aromatic carboxylic acids is 1. The summed E-state index contributed by atoms with van der Waals surface area (Å²) >= 11 is 0. The average molecular weight is 469 g/mol. The summed E-state index contributed by atoms with van der Waals surface area (Å²) in [5.41, 5.74) is 1.43. The summed E-state index contributed by atoms with van der Waals surface area (Å²) in [6, 6.07) is 13.6. The van der Waals surface area contributed by atoms with Gasteiger partial charge < -0.3 is 24.2 Å². The molecule has 0 aliphatic heterocycles. The normalized spacial score (nSPS) is 12.8. The van der Waals surface area contributed by atoms with Crippen LogP contribution in [-0.2, 0) is 11.8 Å². The largest absolute Gasteiger partial charge is 0.496 e. The van der Waals surface area contributed by atoms with Gasteiger partial charge in [0.2, 0.25) is 0 Å². The van der Waals surface area contributed by atoms with Crippen molar-refractivity contribution >= 4 is 5.97 Å². The van der Waals surface area contributed by atoms with Gasteiger partial charge in [-0.3, -0.25) is 0 Å². The topological polar surface area (TPSA) is 92.0 Å². The summed E-state index contributed by atoms with van der Waals surface area (Å²) in [5.74, 6) is 0.753. The molecule has 0 aromatic heterocycles. The van der Waals surface area contributed by atoms with Crippen molar-refractivity contribution in [2.24, 2.45) is 5.92 Å². The molecule has 0 saturated carbocycles. The van der Waals surface area contributed by atoms with Crippen LogP contribution in [0.25, 0.3) is 0 Å². The fourth-order valence-corrected chi connectivity index (χ4v) is 4.27. The Labute approximate surface area is 202 Å². The van der Waals surface area contributed by atoms with E-state index in [-0.39, 0.29) is 11.5 Å². The summed E-state index contributed by atoms with van der Waals surface area (Å²) in [5, 5.41) is 19.6. The molecular weight excluding hydrogens is 432 g/mol. The first-order valence-corrected chi connectivity index (χ1v) is 11.4. The molecule has 0 amide bonds. The van der Waals surface area contributed by atoms with E-state index in [9.17, 15) is 15.2 Å². The number of likely N-dealkylation sites (N-methyl/N-ethyl adjacent to an activating group) is 1. The van der Waals surface area contributed by atoms with Crippen molar-refractivity contribution in [3.05, 3.63) is 53.1 Å². The number of rotatable bonds is 13. The van der Waals surface area contributed by atoms with Gasteiger partial charge in [0.15, 0.2) is 11.5 Å². The van der Waals surface area contributed by atoms with Crippen molar-refractivity contribution in [1.29, 1.82) is 5.26 Å². The maximum Gasteiger partial charge on any atom is 0.339 e. The summed E-state index contributed by atoms with van der Waals surface area (Å²) in [6.07, 6.45) is 2.29. The van der Waals surface area contributed by atoms with Crippen LogP contribution in [0.1, 0.15) is 48.2 Å². The quantitative estimate of drug-likeness (QED) is 0.452. The van der Waals surface area contributed by atoms with Crippen molar-refractivity contribution in [3.63, 3.8) is 0 Å². The Balaban J connectivity index is 2.04. The zero-order chi connectivity index (χ0) is 25.3. The number of carboxylic acid groups (broad SMARTS) is 1. The molecule has 2 aromatic rings. The van der Waals surface area contributed by atoms with Gasteiger partial charge in [0.25, 0.3) is 0 Å². The number of nitrogens with zero attached hydrogens (tertiary/aromatic N) is 2. The highest BCUT2D eigenvalue weighted by molar-refractivity contribution is 5.91. The van der Waals surface area contributed by atoms with E-state index in [0.29, 0.717) is 23.7 Å². The highest BCUT2D eigenvalue weighted by Gasteiger charge is 2.36. The van der Waals surface area contributed by atoms with Gasteiger partial charge in [-0.25, -0.2) is 4.79 Å². The Morgan fingerprint density at radius 2 is 1.68 bits per heavy atom. The number of carbonyl (C=O) groups is 1. The molecule has 1 atom stereocenters. The molecule has 1 unspecified atom stereocenters. The number of carboxylic acids is 1. The van der Waals surface area contributed by atoms with Gasteiger partial charge in [-0.05, 0) is 74.2 Å². The lowest BCUT2D eigenvalue weighted by Gasteiger charge is -2.32. The first-order chi connectivity index (χ1) is 16.2. The molecule has 0 fully saturated rings. The third-order valence-electron chi connectivity index (χ3n) is 6.47. The highest BCUT2D eigenvalue weighted by Crippen LogP contribution is 2.40.